The van der Waals surface area contributed by atoms with Crippen LogP contribution in [0.15, 0.2) is 29.7 Å². The monoisotopic (exact) mass is 694 g/mol. The summed E-state index contributed by atoms with van der Waals surface area (Å²) in [6, 6.07) is 1.09. The SMILES string of the molecule is CC(C)(C)OC(=O)C(=C(O)CBr)N1C(=O)C(NC(=O)C(OC(=O)C(Cl)(Cl)Cl)c2cccc(F)c2F)C1SC=O. The van der Waals surface area contributed by atoms with Crippen LogP contribution >= 0.6 is 62.5 Å². The summed E-state index contributed by atoms with van der Waals surface area (Å²) >= 11 is 19.8. The molecule has 39 heavy (non-hydrogen) atoms. The Hall–Kier alpha value is -2.13. The number of rotatable bonds is 9. The number of carbonyl (C=O) groups is 5. The summed E-state index contributed by atoms with van der Waals surface area (Å²) in [7, 11) is 0. The molecule has 1 heterocycles. The van der Waals surface area contributed by atoms with E-state index in [1.165, 1.54) is 20.8 Å². The van der Waals surface area contributed by atoms with Crippen LogP contribution in [0, 0.1) is 11.6 Å². The molecule has 3 atom stereocenters. The Morgan fingerprint density at radius 2 is 1.87 bits per heavy atom. The third-order valence-corrected chi connectivity index (χ3v) is 6.59. The number of nitrogens with one attached hydrogen (secondary N) is 1. The predicted octanol–water partition coefficient (Wildman–Crippen LogP) is 4.00. The van der Waals surface area contributed by atoms with Gasteiger partial charge in [-0.15, -0.1) is 0 Å². The number of likely N-dealkylation sites (tertiary alicyclic amines) is 1. The molecule has 1 saturated heterocycles. The number of allylic oxidation sites excluding steroid dienone is 1. The molecule has 1 aliphatic heterocycles. The van der Waals surface area contributed by atoms with Crippen LogP contribution < -0.4 is 5.32 Å². The quantitative estimate of drug-likeness (QED) is 0.0980. The van der Waals surface area contributed by atoms with E-state index >= 15 is 0 Å². The van der Waals surface area contributed by atoms with Crippen molar-refractivity contribution in [1.82, 2.24) is 10.2 Å². The molecule has 0 saturated carbocycles. The van der Waals surface area contributed by atoms with E-state index in [1.54, 1.807) is 0 Å². The fourth-order valence-electron chi connectivity index (χ4n) is 3.16. The van der Waals surface area contributed by atoms with Crippen molar-refractivity contribution >= 4 is 91.9 Å². The van der Waals surface area contributed by atoms with Crippen LogP contribution in [-0.2, 0) is 33.4 Å². The summed E-state index contributed by atoms with van der Waals surface area (Å²) in [5.41, 5.74) is -2.11. The van der Waals surface area contributed by atoms with Gasteiger partial charge in [-0.25, -0.2) is 18.4 Å². The Balaban J connectivity index is 2.44. The van der Waals surface area contributed by atoms with Crippen molar-refractivity contribution in [3.05, 3.63) is 46.9 Å². The first-order valence-corrected chi connectivity index (χ1v) is 13.8. The van der Waals surface area contributed by atoms with E-state index in [-0.39, 0.29) is 5.33 Å². The van der Waals surface area contributed by atoms with E-state index in [2.05, 4.69) is 21.2 Å². The zero-order valence-corrected chi connectivity index (χ0v) is 24.8. The summed E-state index contributed by atoms with van der Waals surface area (Å²) < 4.78 is 35.8. The highest BCUT2D eigenvalue weighted by Crippen LogP contribution is 2.36. The van der Waals surface area contributed by atoms with Gasteiger partial charge in [0.25, 0.3) is 15.6 Å². The lowest BCUT2D eigenvalue weighted by Gasteiger charge is -2.46. The molecule has 17 heteroatoms. The minimum absolute atomic E-state index is 0.283. The number of amides is 2. The Bertz CT molecular complexity index is 1210. The molecule has 0 aliphatic carbocycles. The molecule has 1 fully saturated rings. The van der Waals surface area contributed by atoms with Gasteiger partial charge in [-0.2, -0.15) is 0 Å². The second kappa shape index (κ2) is 13.0. The fraction of sp³-hybridized carbons (Fsp3) is 0.409. The highest BCUT2D eigenvalue weighted by atomic mass is 79.9. The van der Waals surface area contributed by atoms with E-state index in [1.807, 2.05) is 0 Å². The van der Waals surface area contributed by atoms with Gasteiger partial charge in [0.2, 0.25) is 6.10 Å². The molecule has 0 bridgehead atoms. The number of thioether (sulfide) groups is 1. The van der Waals surface area contributed by atoms with Gasteiger partial charge < -0.3 is 19.9 Å². The summed E-state index contributed by atoms with van der Waals surface area (Å²) in [6.07, 6.45) is -2.25. The number of halogens is 6. The number of benzene rings is 1. The zero-order chi connectivity index (χ0) is 29.9. The smallest absolute Gasteiger partial charge is 0.359 e. The van der Waals surface area contributed by atoms with E-state index in [0.717, 1.165) is 23.1 Å². The van der Waals surface area contributed by atoms with E-state index in [9.17, 15) is 37.9 Å². The summed E-state index contributed by atoms with van der Waals surface area (Å²) in [5.74, 6) is -8.65. The van der Waals surface area contributed by atoms with Crippen molar-refractivity contribution in [2.24, 2.45) is 0 Å². The number of nitrogens with zero attached hydrogens (tertiary/aromatic N) is 1. The number of β-lactam (4-membered cyclic amide) rings is 1. The largest absolute Gasteiger partial charge is 0.509 e. The number of carbonyl (C=O) groups excluding carboxylic acids is 5. The van der Waals surface area contributed by atoms with Crippen LogP contribution in [-0.4, -0.2) is 65.5 Å². The minimum atomic E-state index is -2.71. The molecule has 1 aromatic carbocycles. The van der Waals surface area contributed by atoms with Crippen LogP contribution in [0.5, 0.6) is 0 Å². The molecular weight excluding hydrogens is 677 g/mol. The molecular formula is C22H20BrCl3F2N2O8S. The Morgan fingerprint density at radius 1 is 1.26 bits per heavy atom. The molecule has 2 N–H and O–H groups in total. The van der Waals surface area contributed by atoms with E-state index in [4.69, 9.17) is 44.3 Å². The lowest BCUT2D eigenvalue weighted by Crippen LogP contribution is -2.70. The predicted molar refractivity (Wildman–Crippen MR) is 142 cm³/mol. The number of esters is 2. The lowest BCUT2D eigenvalue weighted by atomic mass is 10.0. The van der Waals surface area contributed by atoms with Crippen molar-refractivity contribution in [3.8, 4) is 0 Å². The zero-order valence-electron chi connectivity index (χ0n) is 20.2. The van der Waals surface area contributed by atoms with E-state index < -0.39 is 79.3 Å². The second-order valence-electron chi connectivity index (χ2n) is 8.67. The maximum Gasteiger partial charge on any atom is 0.359 e. The van der Waals surface area contributed by atoms with Crippen LogP contribution in [0.2, 0.25) is 0 Å². The van der Waals surface area contributed by atoms with Crippen molar-refractivity contribution in [2.75, 3.05) is 5.33 Å². The topological polar surface area (TPSA) is 139 Å². The first-order chi connectivity index (χ1) is 17.9. The summed E-state index contributed by atoms with van der Waals surface area (Å²) in [4.78, 5) is 63.2. The number of hydrogen-bond acceptors (Lipinski definition) is 9. The number of alkyl halides is 4. The van der Waals surface area contributed by atoms with Crippen molar-refractivity contribution in [1.29, 1.82) is 0 Å². The van der Waals surface area contributed by atoms with Crippen LogP contribution in [0.25, 0.3) is 0 Å². The molecule has 1 aromatic rings. The van der Waals surface area contributed by atoms with Crippen molar-refractivity contribution < 1.29 is 47.3 Å². The summed E-state index contributed by atoms with van der Waals surface area (Å²) in [6.45, 7) is 4.61. The molecule has 10 nitrogen and oxygen atoms in total. The van der Waals surface area contributed by atoms with Crippen molar-refractivity contribution in [2.45, 2.75) is 47.7 Å². The van der Waals surface area contributed by atoms with Gasteiger partial charge in [0.1, 0.15) is 22.8 Å². The highest BCUT2D eigenvalue weighted by Gasteiger charge is 2.54. The van der Waals surface area contributed by atoms with Gasteiger partial charge in [0.05, 0.1) is 5.33 Å². The number of aliphatic hydroxyl groups excluding tert-OH is 1. The maximum atomic E-state index is 14.5. The molecule has 0 radical (unpaired) electrons. The molecule has 0 spiro atoms. The molecule has 214 valence electrons. The second-order valence-corrected chi connectivity index (χ2v) is 12.5. The first kappa shape index (κ1) is 33.1. The third kappa shape index (κ3) is 7.97. The molecule has 3 unspecified atom stereocenters. The first-order valence-electron chi connectivity index (χ1n) is 10.6. The number of hydrogen-bond donors (Lipinski definition) is 2. The van der Waals surface area contributed by atoms with Gasteiger partial charge in [-0.05, 0) is 26.8 Å². The summed E-state index contributed by atoms with van der Waals surface area (Å²) in [5, 5.41) is 10.9. The minimum Gasteiger partial charge on any atom is -0.509 e. The average Bonchev–Trinajstić information content (AvgIpc) is 2.82. The van der Waals surface area contributed by atoms with Gasteiger partial charge in [-0.3, -0.25) is 19.3 Å². The van der Waals surface area contributed by atoms with Crippen molar-refractivity contribution in [3.63, 3.8) is 0 Å². The highest BCUT2D eigenvalue weighted by molar-refractivity contribution is 9.09. The van der Waals surface area contributed by atoms with Gasteiger partial charge in [-0.1, -0.05) is 74.6 Å². The van der Waals surface area contributed by atoms with Gasteiger partial charge in [0.15, 0.2) is 22.9 Å². The molecule has 2 rings (SSSR count). The van der Waals surface area contributed by atoms with Gasteiger partial charge in [0, 0.05) is 5.56 Å². The van der Waals surface area contributed by atoms with Crippen LogP contribution in [0.4, 0.5) is 8.78 Å². The van der Waals surface area contributed by atoms with Crippen LogP contribution in [0.1, 0.15) is 32.4 Å². The standard InChI is InChI=1S/C22H20BrCl3F2N2O8S/c1-21(2,3)38-19(35)14(11(32)7-23)30-17(34)13(18(30)39-8-31)29-16(33)15(37-20(36)22(24,25)26)9-5-4-6-10(27)12(9)28/h4-6,8,13,15,18,32H,7H2,1-3H3,(H,29,33). The van der Waals surface area contributed by atoms with E-state index in [0.29, 0.717) is 17.4 Å². The fourth-order valence-corrected chi connectivity index (χ4v) is 4.35. The molecule has 2 amide bonds. The Labute approximate surface area is 248 Å². The number of aliphatic hydroxyl groups is 1. The third-order valence-electron chi connectivity index (χ3n) is 4.73. The number of ether oxygens (including phenoxy) is 2. The maximum absolute atomic E-state index is 14.5. The average molecular weight is 697 g/mol. The normalized spacial score (nSPS) is 18.9. The van der Waals surface area contributed by atoms with Crippen LogP contribution in [0.3, 0.4) is 0 Å². The Morgan fingerprint density at radius 3 is 2.38 bits per heavy atom. The Kier molecular flexibility index (Phi) is 11.0. The molecule has 0 aromatic heterocycles. The molecule has 1 aliphatic rings. The van der Waals surface area contributed by atoms with Gasteiger partial charge >= 0.3 is 11.9 Å². The lowest BCUT2D eigenvalue weighted by molar-refractivity contribution is -0.161.